The van der Waals surface area contributed by atoms with Crippen molar-refractivity contribution in [3.8, 4) is 5.75 Å². The summed E-state index contributed by atoms with van der Waals surface area (Å²) < 4.78 is 7.12. The number of halogens is 2. The maximum Gasteiger partial charge on any atom is 0.0140 e. The summed E-state index contributed by atoms with van der Waals surface area (Å²) in [5.74, 6) is 0.581. The first-order valence-corrected chi connectivity index (χ1v) is 20.9. The second-order valence-electron chi connectivity index (χ2n) is 12.2. The number of anilines is 1. The third-order valence-electron chi connectivity index (χ3n) is 8.33. The molecule has 1 atom stereocenters. The van der Waals surface area contributed by atoms with Gasteiger partial charge in [0.2, 0.25) is 0 Å². The molecule has 0 bridgehead atoms. The molecule has 0 amide bonds. The van der Waals surface area contributed by atoms with E-state index in [1.807, 2.05) is 6.92 Å². The number of nitrogens with zero attached hydrogens (tertiary/aromatic N) is 2. The van der Waals surface area contributed by atoms with Crippen molar-refractivity contribution in [2.75, 3.05) is 11.5 Å². The quantitative estimate of drug-likeness (QED) is 0.0743. The fourth-order valence-electron chi connectivity index (χ4n) is 6.42. The van der Waals surface area contributed by atoms with E-state index >= 15 is 0 Å². The molecule has 1 aliphatic rings. The number of rotatable bonds is 9. The first-order valence-electron chi connectivity index (χ1n) is 15.4. The molecule has 4 aromatic carbocycles. The third kappa shape index (κ3) is 8.14. The molecule has 242 valence electrons. The smallest absolute Gasteiger partial charge is 0.0140 e. The summed E-state index contributed by atoms with van der Waals surface area (Å²) >= 11 is -2.03. The van der Waals surface area contributed by atoms with Crippen LogP contribution >= 0.6 is 19.4 Å². The Labute approximate surface area is 281 Å². The minimum atomic E-state index is -2.03. The molecule has 0 N–H and O–H groups in total. The topological polar surface area (TPSA) is 55.6 Å². The number of hydrogen-bond acceptors (Lipinski definition) is 4. The molecule has 0 spiro atoms. The molecule has 0 saturated carbocycles. The van der Waals surface area contributed by atoms with Crippen LogP contribution in [0.25, 0.3) is 10.8 Å². The zero-order valence-corrected chi connectivity index (χ0v) is 30.2. The Morgan fingerprint density at radius 2 is 1.60 bits per heavy atom. The normalized spacial score (nSPS) is 17.4. The number of hydrogen-bond donors (Lipinski definition) is 0. The Bertz CT molecular complexity index is 1660. The van der Waals surface area contributed by atoms with Crippen LogP contribution in [-0.4, -0.2) is 21.7 Å². The summed E-state index contributed by atoms with van der Waals surface area (Å²) in [7, 11) is 11.6. The number of aryl methyl sites for hydroxylation is 2. The van der Waals surface area contributed by atoms with Gasteiger partial charge in [-0.25, -0.2) is 6.54 Å². The van der Waals surface area contributed by atoms with Crippen LogP contribution in [0, 0.1) is 16.7 Å². The Morgan fingerprint density at radius 3 is 2.22 bits per heavy atom. The predicted octanol–water partition coefficient (Wildman–Crippen LogP) is 10.5. The van der Waals surface area contributed by atoms with E-state index in [2.05, 4.69) is 107 Å². The fourth-order valence-corrected chi connectivity index (χ4v) is 8.21. The minimum Gasteiger partial charge on any atom is -0.517 e. The van der Waals surface area contributed by atoms with E-state index in [-0.39, 0.29) is 16.6 Å². The van der Waals surface area contributed by atoms with Crippen molar-refractivity contribution in [1.29, 1.82) is 0 Å². The second kappa shape index (κ2) is 15.2. The standard InChI is InChI=1S/C27H32N.C10H11NO3.2ClH.Ru/c1-6-20-13-10-14-21(7-2)25(20)28-19-27(5,18-26(28,3)4)24-17-11-15-22-12-8-9-16-23(22)24;1-3-6-14-10-5-4-9(11(12)13)7-8(10)2;;;/h8-17,19H,6-7,18H2,1-5H3;2,4-5,7H,3,6H2,1H3;2*1H;/q-1;;;;+2/p-2/t27-;;;;/m0..../s1. The van der Waals surface area contributed by atoms with Crippen LogP contribution in [0.3, 0.4) is 0 Å². The molecule has 1 saturated heterocycles. The first-order chi connectivity index (χ1) is 21.4. The van der Waals surface area contributed by atoms with Crippen LogP contribution in [0.5, 0.6) is 5.75 Å². The van der Waals surface area contributed by atoms with Crippen LogP contribution in [0.2, 0.25) is 0 Å². The number of fused-ring (bicyclic) bond motifs is 1. The molecule has 5 rings (SSSR count). The molecule has 0 unspecified atom stereocenters. The number of ether oxygens (including phenoxy) is 1. The molecule has 0 radical (unpaired) electrons. The van der Waals surface area contributed by atoms with Crippen molar-refractivity contribution in [1.82, 2.24) is 0 Å². The number of nitro benzene ring substituents is 1. The van der Waals surface area contributed by atoms with E-state index in [0.717, 1.165) is 25.7 Å². The van der Waals surface area contributed by atoms with E-state index < -0.39 is 18.4 Å². The summed E-state index contributed by atoms with van der Waals surface area (Å²) in [6, 6.07) is 26.8. The third-order valence-corrected chi connectivity index (χ3v) is 10.2. The van der Waals surface area contributed by atoms with Crippen LogP contribution in [-0.2, 0) is 31.8 Å². The van der Waals surface area contributed by atoms with Crippen molar-refractivity contribution in [2.24, 2.45) is 0 Å². The molecule has 5 nitrogen and oxygen atoms in total. The Kier molecular flexibility index (Phi) is 11.8. The van der Waals surface area contributed by atoms with Crippen LogP contribution in [0.15, 0.2) is 78.9 Å². The Morgan fingerprint density at radius 1 is 0.956 bits per heavy atom. The Hall–Kier alpha value is -2.79. The molecule has 0 aliphatic carbocycles. The van der Waals surface area contributed by atoms with Crippen molar-refractivity contribution < 1.29 is 23.2 Å². The van der Waals surface area contributed by atoms with Crippen molar-refractivity contribution in [3.63, 3.8) is 0 Å². The van der Waals surface area contributed by atoms with Gasteiger partial charge in [-0.2, -0.15) is 0 Å². The zero-order valence-electron chi connectivity index (χ0n) is 26.9. The molecule has 8 heteroatoms. The number of non-ortho nitro benzene ring substituents is 1. The van der Waals surface area contributed by atoms with E-state index in [1.165, 1.54) is 45.3 Å². The summed E-state index contributed by atoms with van der Waals surface area (Å²) in [6.07, 6.45) is 4.10. The summed E-state index contributed by atoms with van der Waals surface area (Å²) in [6.45, 7) is 16.8. The SMILES string of the molecule is CCCOc1ccc([N+](=O)[O-])cc1[CH]=[Ru]([Cl])[Cl].CCc1cccc(CC)c1N1[CH-][C@@](C)(c2cccc3ccccc23)CC1(C)C. The number of benzene rings is 4. The van der Waals surface area contributed by atoms with E-state index in [4.69, 9.17) is 24.1 Å². The van der Waals surface area contributed by atoms with Crippen molar-refractivity contribution in [2.45, 2.75) is 78.2 Å². The largest absolute Gasteiger partial charge is 0.517 e. The van der Waals surface area contributed by atoms with E-state index in [1.54, 1.807) is 10.7 Å². The zero-order chi connectivity index (χ0) is 32.8. The molecule has 4 aromatic rings. The van der Waals surface area contributed by atoms with Gasteiger partial charge < -0.3 is 4.90 Å². The van der Waals surface area contributed by atoms with Crippen molar-refractivity contribution >= 4 is 46.1 Å². The molecule has 1 aliphatic heterocycles. The van der Waals surface area contributed by atoms with Crippen LogP contribution in [0.1, 0.15) is 76.6 Å². The number of para-hydroxylation sites is 1. The predicted molar refractivity (Wildman–Crippen MR) is 188 cm³/mol. The summed E-state index contributed by atoms with van der Waals surface area (Å²) in [5.41, 5.74) is 6.45. The van der Waals surface area contributed by atoms with Gasteiger partial charge in [-0.05, 0) is 55.0 Å². The van der Waals surface area contributed by atoms with E-state index in [9.17, 15) is 10.1 Å². The van der Waals surface area contributed by atoms with Gasteiger partial charge in [0.05, 0.1) is 0 Å². The molecule has 0 aromatic heterocycles. The molecular weight excluding hydrogens is 692 g/mol. The molecule has 1 heterocycles. The molecule has 45 heavy (non-hydrogen) atoms. The van der Waals surface area contributed by atoms with Gasteiger partial charge in [0.1, 0.15) is 0 Å². The summed E-state index contributed by atoms with van der Waals surface area (Å²) in [4.78, 5) is 12.8. The van der Waals surface area contributed by atoms with Gasteiger partial charge in [0, 0.05) is 11.2 Å². The molecule has 1 fully saturated rings. The van der Waals surface area contributed by atoms with Crippen LogP contribution in [0.4, 0.5) is 11.4 Å². The van der Waals surface area contributed by atoms with Gasteiger partial charge in [-0.3, -0.25) is 0 Å². The maximum atomic E-state index is 10.7. The minimum absolute atomic E-state index is 0.00356. The average molecular weight is 736 g/mol. The van der Waals surface area contributed by atoms with Gasteiger partial charge in [-0.1, -0.05) is 87.0 Å². The number of nitro groups is 1. The van der Waals surface area contributed by atoms with E-state index in [0.29, 0.717) is 17.9 Å². The second-order valence-corrected chi connectivity index (χ2v) is 17.9. The monoisotopic (exact) mass is 735 g/mol. The fraction of sp³-hybridized carbons (Fsp3) is 0.351. The molecular formula is C37H43Cl2N2O3Ru-. The van der Waals surface area contributed by atoms with Gasteiger partial charge >= 0.3 is 112 Å². The van der Waals surface area contributed by atoms with Gasteiger partial charge in [0.15, 0.2) is 0 Å². The average Bonchev–Trinajstić information content (AvgIpc) is 3.28. The van der Waals surface area contributed by atoms with Gasteiger partial charge in [-0.15, -0.1) is 5.41 Å². The van der Waals surface area contributed by atoms with Crippen molar-refractivity contribution in [3.05, 3.63) is 118 Å². The van der Waals surface area contributed by atoms with Gasteiger partial charge in [0.25, 0.3) is 0 Å². The Balaban J connectivity index is 0.000000233. The maximum absolute atomic E-state index is 10.7. The first kappa shape index (κ1) is 35.1. The van der Waals surface area contributed by atoms with Crippen LogP contribution < -0.4 is 9.64 Å². The summed E-state index contributed by atoms with van der Waals surface area (Å²) in [5, 5.41) is 13.4.